The van der Waals surface area contributed by atoms with Gasteiger partial charge >= 0.3 is 0 Å². The molecule has 1 saturated heterocycles. The van der Waals surface area contributed by atoms with Crippen LogP contribution in [0, 0.1) is 0 Å². The van der Waals surface area contributed by atoms with Crippen LogP contribution in [0.1, 0.15) is 12.0 Å². The molecule has 0 unspecified atom stereocenters. The van der Waals surface area contributed by atoms with E-state index in [1.54, 1.807) is 0 Å². The highest BCUT2D eigenvalue weighted by Gasteiger charge is 2.67. The zero-order chi connectivity index (χ0) is 10.3. The van der Waals surface area contributed by atoms with Crippen LogP contribution in [-0.2, 0) is 16.1 Å². The number of hydrogen-bond acceptors (Lipinski definition) is 2. The van der Waals surface area contributed by atoms with E-state index < -0.39 is 5.67 Å². The van der Waals surface area contributed by atoms with E-state index in [0.717, 1.165) is 5.56 Å². The number of halogens is 1. The molecule has 1 heterocycles. The quantitative estimate of drug-likeness (QED) is 0.707. The van der Waals surface area contributed by atoms with Gasteiger partial charge in [0.2, 0.25) is 0 Å². The zero-order valence-electron chi connectivity index (χ0n) is 8.36. The lowest BCUT2D eigenvalue weighted by Crippen LogP contribution is -2.45. The van der Waals surface area contributed by atoms with Crippen molar-refractivity contribution in [3.63, 3.8) is 0 Å². The molecular weight excluding hydrogens is 195 g/mol. The van der Waals surface area contributed by atoms with Gasteiger partial charge in [0.15, 0.2) is 5.67 Å². The second-order valence-corrected chi connectivity index (χ2v) is 4.31. The Kier molecular flexibility index (Phi) is 2.04. The fraction of sp³-hybridized carbons (Fsp3) is 0.500. The van der Waals surface area contributed by atoms with Gasteiger partial charge in [-0.1, -0.05) is 30.3 Å². The molecule has 1 aliphatic heterocycles. The van der Waals surface area contributed by atoms with Crippen LogP contribution >= 0.6 is 0 Å². The molecule has 1 aliphatic carbocycles. The van der Waals surface area contributed by atoms with Crippen molar-refractivity contribution in [2.45, 2.75) is 30.9 Å². The third-order valence-corrected chi connectivity index (χ3v) is 3.09. The first-order valence-electron chi connectivity index (χ1n) is 5.24. The number of benzene rings is 1. The molecule has 0 N–H and O–H groups in total. The number of ether oxygens (including phenoxy) is 2. The Bertz CT molecular complexity index is 354. The van der Waals surface area contributed by atoms with Crippen LogP contribution in [0.15, 0.2) is 30.3 Å². The Balaban J connectivity index is 1.47. The summed E-state index contributed by atoms with van der Waals surface area (Å²) in [5.41, 5.74) is -0.131. The average molecular weight is 208 g/mol. The Morgan fingerprint density at radius 1 is 1.40 bits per heavy atom. The molecule has 0 spiro atoms. The van der Waals surface area contributed by atoms with Gasteiger partial charge in [0.25, 0.3) is 0 Å². The normalized spacial score (nSPS) is 36.9. The van der Waals surface area contributed by atoms with Crippen LogP contribution in [0.2, 0.25) is 0 Å². The van der Waals surface area contributed by atoms with Gasteiger partial charge in [-0.25, -0.2) is 4.39 Å². The van der Waals surface area contributed by atoms with Gasteiger partial charge in [0.1, 0.15) is 6.10 Å². The molecule has 1 aromatic carbocycles. The minimum Gasteiger partial charge on any atom is -0.373 e. The molecule has 0 amide bonds. The molecule has 2 nitrogen and oxygen atoms in total. The Hall–Kier alpha value is -0.930. The van der Waals surface area contributed by atoms with Crippen LogP contribution in [-0.4, -0.2) is 24.5 Å². The molecule has 0 aromatic heterocycles. The Morgan fingerprint density at radius 3 is 2.80 bits per heavy atom. The van der Waals surface area contributed by atoms with Gasteiger partial charge < -0.3 is 9.47 Å². The van der Waals surface area contributed by atoms with E-state index in [9.17, 15) is 4.39 Å². The smallest absolute Gasteiger partial charge is 0.165 e. The van der Waals surface area contributed by atoms with Crippen LogP contribution < -0.4 is 0 Å². The third kappa shape index (κ3) is 1.66. The van der Waals surface area contributed by atoms with Gasteiger partial charge in [-0.05, 0) is 5.56 Å². The first-order chi connectivity index (χ1) is 7.28. The van der Waals surface area contributed by atoms with Crippen molar-refractivity contribution in [2.75, 3.05) is 6.61 Å². The maximum Gasteiger partial charge on any atom is 0.165 e. The zero-order valence-corrected chi connectivity index (χ0v) is 8.36. The number of epoxide rings is 1. The molecule has 3 atom stereocenters. The van der Waals surface area contributed by atoms with Crippen molar-refractivity contribution in [1.82, 2.24) is 0 Å². The highest BCUT2D eigenvalue weighted by Crippen LogP contribution is 2.52. The SMILES string of the molecule is F[C@]1(COCc2ccccc2)C[C@H]2O[C@H]21. The molecule has 15 heavy (non-hydrogen) atoms. The molecule has 80 valence electrons. The minimum absolute atomic E-state index is 0.156. The number of alkyl halides is 1. The van der Waals surface area contributed by atoms with Crippen LogP contribution in [0.3, 0.4) is 0 Å². The van der Waals surface area contributed by atoms with E-state index in [0.29, 0.717) is 13.0 Å². The molecule has 1 aromatic rings. The number of fused-ring (bicyclic) bond motifs is 1. The summed E-state index contributed by atoms with van der Waals surface area (Å²) >= 11 is 0. The highest BCUT2D eigenvalue weighted by molar-refractivity contribution is 5.16. The van der Waals surface area contributed by atoms with Gasteiger partial charge in [-0.15, -0.1) is 0 Å². The maximum absolute atomic E-state index is 13.8. The third-order valence-electron chi connectivity index (χ3n) is 3.09. The molecule has 3 rings (SSSR count). The van der Waals surface area contributed by atoms with E-state index in [1.807, 2.05) is 30.3 Å². The highest BCUT2D eigenvalue weighted by atomic mass is 19.1. The van der Waals surface area contributed by atoms with Crippen LogP contribution in [0.25, 0.3) is 0 Å². The summed E-state index contributed by atoms with van der Waals surface area (Å²) in [6, 6.07) is 9.81. The van der Waals surface area contributed by atoms with Gasteiger partial charge in [0, 0.05) is 6.42 Å². The molecular formula is C12H13FO2. The Labute approximate surface area is 88.0 Å². The summed E-state index contributed by atoms with van der Waals surface area (Å²) in [4.78, 5) is 0. The second kappa shape index (κ2) is 3.29. The van der Waals surface area contributed by atoms with Crippen LogP contribution in [0.4, 0.5) is 4.39 Å². The average Bonchev–Trinajstić information content (AvgIpc) is 2.93. The molecule has 2 aliphatic rings. The predicted octanol–water partition coefficient (Wildman–Crippen LogP) is 2.08. The van der Waals surface area contributed by atoms with Gasteiger partial charge in [-0.3, -0.25) is 0 Å². The summed E-state index contributed by atoms with van der Waals surface area (Å²) in [6.45, 7) is 0.632. The van der Waals surface area contributed by atoms with Crippen molar-refractivity contribution in [2.24, 2.45) is 0 Å². The van der Waals surface area contributed by atoms with Crippen molar-refractivity contribution >= 4 is 0 Å². The number of hydrogen-bond donors (Lipinski definition) is 0. The van der Waals surface area contributed by atoms with E-state index in [2.05, 4.69) is 0 Å². The first-order valence-corrected chi connectivity index (χ1v) is 5.24. The lowest BCUT2D eigenvalue weighted by molar-refractivity contribution is -0.0242. The van der Waals surface area contributed by atoms with E-state index in [1.165, 1.54) is 0 Å². The Morgan fingerprint density at radius 2 is 2.20 bits per heavy atom. The lowest BCUT2D eigenvalue weighted by atomic mass is 9.83. The van der Waals surface area contributed by atoms with E-state index in [-0.39, 0.29) is 18.8 Å². The fourth-order valence-corrected chi connectivity index (χ4v) is 2.10. The molecule has 3 heteroatoms. The van der Waals surface area contributed by atoms with Crippen molar-refractivity contribution in [3.05, 3.63) is 35.9 Å². The largest absolute Gasteiger partial charge is 0.373 e. The summed E-state index contributed by atoms with van der Waals surface area (Å²) < 4.78 is 24.3. The summed E-state index contributed by atoms with van der Waals surface area (Å²) in [5, 5.41) is 0. The van der Waals surface area contributed by atoms with E-state index in [4.69, 9.17) is 9.47 Å². The van der Waals surface area contributed by atoms with Crippen LogP contribution in [0.5, 0.6) is 0 Å². The van der Waals surface area contributed by atoms with Gasteiger partial charge in [0.05, 0.1) is 19.3 Å². The van der Waals surface area contributed by atoms with E-state index >= 15 is 0 Å². The molecule has 0 radical (unpaired) electrons. The monoisotopic (exact) mass is 208 g/mol. The topological polar surface area (TPSA) is 21.8 Å². The summed E-state index contributed by atoms with van der Waals surface area (Å²) in [6.07, 6.45) is 0.524. The standard InChI is InChI=1S/C12H13FO2/c13-12(6-10-11(12)15-10)8-14-7-9-4-2-1-3-5-9/h1-5,10-11H,6-8H2/t10-,11-,12+/m1/s1. The number of rotatable bonds is 4. The van der Waals surface area contributed by atoms with Crippen molar-refractivity contribution in [1.29, 1.82) is 0 Å². The first kappa shape index (κ1) is 9.31. The molecule has 0 bridgehead atoms. The van der Waals surface area contributed by atoms with Crippen molar-refractivity contribution in [3.8, 4) is 0 Å². The minimum atomic E-state index is -1.21. The van der Waals surface area contributed by atoms with Gasteiger partial charge in [-0.2, -0.15) is 0 Å². The fourth-order valence-electron chi connectivity index (χ4n) is 2.10. The predicted molar refractivity (Wildman–Crippen MR) is 53.2 cm³/mol. The maximum atomic E-state index is 13.8. The summed E-state index contributed by atoms with van der Waals surface area (Å²) in [7, 11) is 0. The summed E-state index contributed by atoms with van der Waals surface area (Å²) in [5.74, 6) is 0. The van der Waals surface area contributed by atoms with Crippen molar-refractivity contribution < 1.29 is 13.9 Å². The second-order valence-electron chi connectivity index (χ2n) is 4.31. The molecule has 2 fully saturated rings. The lowest BCUT2D eigenvalue weighted by Gasteiger charge is -2.28. The molecule has 1 saturated carbocycles.